The van der Waals surface area contributed by atoms with Crippen molar-refractivity contribution in [3.8, 4) is 6.07 Å². The number of rotatable bonds is 7. The van der Waals surface area contributed by atoms with Gasteiger partial charge in [0.15, 0.2) is 0 Å². The number of pyridine rings is 2. The lowest BCUT2D eigenvalue weighted by molar-refractivity contribution is -0.131. The number of nitrogens with one attached hydrogen (secondary N) is 1. The molecule has 0 radical (unpaired) electrons. The first-order valence-corrected chi connectivity index (χ1v) is 13.5. The SMILES string of the molecule is CN1CCN(Cc2ccc(C=Cc3ccc4nccc(C(=O)NCC(=O)N5CC(F)(F)CC5C#N)c4c3)cn2)CC1. The normalized spacial score (nSPS) is 19.5. The fourth-order valence-corrected chi connectivity index (χ4v) is 5.07. The second-order valence-electron chi connectivity index (χ2n) is 10.5. The summed E-state index contributed by atoms with van der Waals surface area (Å²) in [5.41, 5.74) is 3.71. The fourth-order valence-electron chi connectivity index (χ4n) is 5.07. The van der Waals surface area contributed by atoms with Crippen molar-refractivity contribution in [1.29, 1.82) is 5.26 Å². The molecule has 0 spiro atoms. The molecule has 2 aromatic heterocycles. The highest BCUT2D eigenvalue weighted by Gasteiger charge is 2.47. The summed E-state index contributed by atoms with van der Waals surface area (Å²) >= 11 is 0. The molecule has 2 fully saturated rings. The minimum Gasteiger partial charge on any atom is -0.343 e. The van der Waals surface area contributed by atoms with Gasteiger partial charge in [0.1, 0.15) is 6.04 Å². The number of carbonyl (C=O) groups excluding carboxylic acids is 2. The maximum Gasteiger partial charge on any atom is 0.268 e. The van der Waals surface area contributed by atoms with E-state index >= 15 is 0 Å². The monoisotopic (exact) mass is 559 g/mol. The van der Waals surface area contributed by atoms with E-state index in [1.54, 1.807) is 18.2 Å². The predicted molar refractivity (Wildman–Crippen MR) is 151 cm³/mol. The third kappa shape index (κ3) is 6.90. The molecule has 1 atom stereocenters. The van der Waals surface area contributed by atoms with Gasteiger partial charge in [0.25, 0.3) is 11.8 Å². The number of carbonyl (C=O) groups is 2. The number of nitriles is 1. The first-order chi connectivity index (χ1) is 19.7. The van der Waals surface area contributed by atoms with E-state index in [9.17, 15) is 18.4 Å². The van der Waals surface area contributed by atoms with Crippen molar-refractivity contribution in [2.24, 2.45) is 0 Å². The van der Waals surface area contributed by atoms with Crippen molar-refractivity contribution in [2.45, 2.75) is 24.9 Å². The van der Waals surface area contributed by atoms with Gasteiger partial charge in [-0.15, -0.1) is 0 Å². The van der Waals surface area contributed by atoms with Gasteiger partial charge in [-0.3, -0.25) is 24.5 Å². The number of fused-ring (bicyclic) bond motifs is 1. The average molecular weight is 560 g/mol. The molecule has 11 heteroatoms. The molecule has 2 aliphatic heterocycles. The van der Waals surface area contributed by atoms with E-state index in [4.69, 9.17) is 5.26 Å². The van der Waals surface area contributed by atoms with Crippen LogP contribution in [-0.2, 0) is 11.3 Å². The van der Waals surface area contributed by atoms with Crippen LogP contribution in [0, 0.1) is 11.3 Å². The van der Waals surface area contributed by atoms with Crippen molar-refractivity contribution in [1.82, 2.24) is 30.0 Å². The number of halogens is 2. The second kappa shape index (κ2) is 12.1. The van der Waals surface area contributed by atoms with Gasteiger partial charge in [-0.05, 0) is 42.4 Å². The molecule has 1 unspecified atom stereocenters. The number of likely N-dealkylation sites (N-methyl/N-ethyl adjacent to an activating group) is 1. The minimum absolute atomic E-state index is 0.302. The third-order valence-electron chi connectivity index (χ3n) is 7.45. The molecule has 0 aliphatic carbocycles. The minimum atomic E-state index is -3.12. The quantitative estimate of drug-likeness (QED) is 0.475. The van der Waals surface area contributed by atoms with E-state index < -0.39 is 43.3 Å². The Morgan fingerprint density at radius 2 is 1.85 bits per heavy atom. The molecule has 0 saturated carbocycles. The van der Waals surface area contributed by atoms with Crippen LogP contribution in [-0.4, -0.2) is 94.8 Å². The van der Waals surface area contributed by atoms with Crippen molar-refractivity contribution in [3.63, 3.8) is 0 Å². The van der Waals surface area contributed by atoms with Gasteiger partial charge in [0.2, 0.25) is 5.91 Å². The van der Waals surface area contributed by atoms with Crippen LogP contribution in [0.2, 0.25) is 0 Å². The van der Waals surface area contributed by atoms with E-state index in [2.05, 4.69) is 32.1 Å². The van der Waals surface area contributed by atoms with Crippen molar-refractivity contribution in [3.05, 3.63) is 71.2 Å². The van der Waals surface area contributed by atoms with E-state index in [-0.39, 0.29) is 0 Å². The lowest BCUT2D eigenvalue weighted by Crippen LogP contribution is -2.43. The highest BCUT2D eigenvalue weighted by atomic mass is 19.3. The molecule has 1 aromatic carbocycles. The van der Waals surface area contributed by atoms with Gasteiger partial charge in [-0.1, -0.05) is 24.3 Å². The number of aromatic nitrogens is 2. The summed E-state index contributed by atoms with van der Waals surface area (Å²) in [5.74, 6) is -4.38. The Kier molecular flexibility index (Phi) is 8.33. The Labute approximate surface area is 237 Å². The molecule has 2 aliphatic rings. The maximum absolute atomic E-state index is 13.7. The highest BCUT2D eigenvalue weighted by molar-refractivity contribution is 6.07. The van der Waals surface area contributed by atoms with Crippen molar-refractivity contribution >= 4 is 34.9 Å². The number of benzene rings is 1. The van der Waals surface area contributed by atoms with Crippen LogP contribution >= 0.6 is 0 Å². The van der Waals surface area contributed by atoms with Gasteiger partial charge in [-0.2, -0.15) is 5.26 Å². The van der Waals surface area contributed by atoms with Crippen LogP contribution < -0.4 is 5.32 Å². The molecule has 2 amide bonds. The maximum atomic E-state index is 13.7. The Bertz CT molecular complexity index is 1490. The second-order valence-corrected chi connectivity index (χ2v) is 10.5. The molecule has 41 heavy (non-hydrogen) atoms. The molecule has 212 valence electrons. The standard InChI is InChI=1S/C30H31F2N7O2/c1-37-10-12-38(13-11-37)19-23-6-4-22(17-35-23)3-2-21-5-7-27-26(14-21)25(8-9-34-27)29(41)36-18-28(40)39-20-30(31,32)15-24(39)16-33/h2-9,14,17,24H,10-13,15,18-20H2,1H3,(H,36,41). The number of piperazine rings is 1. The molecule has 3 aromatic rings. The number of alkyl halides is 2. The zero-order valence-corrected chi connectivity index (χ0v) is 22.8. The van der Waals surface area contributed by atoms with Gasteiger partial charge >= 0.3 is 0 Å². The van der Waals surface area contributed by atoms with Crippen LogP contribution in [0.15, 0.2) is 48.8 Å². The van der Waals surface area contributed by atoms with Gasteiger partial charge in [-0.25, -0.2) is 8.78 Å². The molecule has 5 rings (SSSR count). The summed E-state index contributed by atoms with van der Waals surface area (Å²) < 4.78 is 27.4. The Balaban J connectivity index is 1.23. The van der Waals surface area contributed by atoms with Gasteiger partial charge in [0, 0.05) is 56.9 Å². The number of hydrogen-bond acceptors (Lipinski definition) is 7. The van der Waals surface area contributed by atoms with Crippen LogP contribution in [0.4, 0.5) is 8.78 Å². The first-order valence-electron chi connectivity index (χ1n) is 13.5. The molecule has 4 heterocycles. The molecular formula is C30H31F2N7O2. The number of nitrogens with zero attached hydrogens (tertiary/aromatic N) is 6. The van der Waals surface area contributed by atoms with Gasteiger partial charge < -0.3 is 15.1 Å². The zero-order valence-electron chi connectivity index (χ0n) is 22.8. The van der Waals surface area contributed by atoms with Crippen LogP contribution in [0.5, 0.6) is 0 Å². The lowest BCUT2D eigenvalue weighted by atomic mass is 10.0. The smallest absolute Gasteiger partial charge is 0.268 e. The highest BCUT2D eigenvalue weighted by Crippen LogP contribution is 2.31. The van der Waals surface area contributed by atoms with Crippen LogP contribution in [0.3, 0.4) is 0 Å². The molecule has 1 N–H and O–H groups in total. The largest absolute Gasteiger partial charge is 0.343 e. The molecule has 0 bridgehead atoms. The van der Waals surface area contributed by atoms with Crippen molar-refractivity contribution in [2.75, 3.05) is 46.3 Å². The number of likely N-dealkylation sites (tertiary alicyclic amines) is 1. The fraction of sp³-hybridized carbons (Fsp3) is 0.367. The summed E-state index contributed by atoms with van der Waals surface area (Å²) in [4.78, 5) is 40.0. The number of hydrogen-bond donors (Lipinski definition) is 1. The average Bonchev–Trinajstić information content (AvgIpc) is 3.30. The summed E-state index contributed by atoms with van der Waals surface area (Å²) in [7, 11) is 2.14. The lowest BCUT2D eigenvalue weighted by Gasteiger charge is -2.32. The van der Waals surface area contributed by atoms with E-state index in [1.807, 2.05) is 42.6 Å². The Morgan fingerprint density at radius 3 is 2.59 bits per heavy atom. The van der Waals surface area contributed by atoms with Crippen LogP contribution in [0.1, 0.15) is 33.6 Å². The topological polar surface area (TPSA) is 105 Å². The van der Waals surface area contributed by atoms with Crippen molar-refractivity contribution < 1.29 is 18.4 Å². The van der Waals surface area contributed by atoms with Gasteiger partial charge in [0.05, 0.1) is 35.9 Å². The molecule has 2 saturated heterocycles. The third-order valence-corrected chi connectivity index (χ3v) is 7.45. The van der Waals surface area contributed by atoms with E-state index in [0.717, 1.165) is 54.4 Å². The number of amides is 2. The summed E-state index contributed by atoms with van der Waals surface area (Å²) in [6.07, 6.45) is 6.50. The van der Waals surface area contributed by atoms with E-state index in [1.165, 1.54) is 6.20 Å². The Morgan fingerprint density at radius 1 is 1.10 bits per heavy atom. The summed E-state index contributed by atoms with van der Waals surface area (Å²) in [6, 6.07) is 11.7. The van der Waals surface area contributed by atoms with E-state index in [0.29, 0.717) is 16.5 Å². The van der Waals surface area contributed by atoms with Crippen LogP contribution in [0.25, 0.3) is 23.1 Å². The first kappa shape index (κ1) is 28.3. The Hall–Kier alpha value is -4.27. The summed E-state index contributed by atoms with van der Waals surface area (Å²) in [5, 5.41) is 12.2. The predicted octanol–water partition coefficient (Wildman–Crippen LogP) is 3.04. The summed E-state index contributed by atoms with van der Waals surface area (Å²) in [6.45, 7) is 3.70. The zero-order chi connectivity index (χ0) is 29.0. The molecular weight excluding hydrogens is 528 g/mol. The molecule has 9 nitrogen and oxygen atoms in total.